The molecule has 0 fully saturated rings. The van der Waals surface area contributed by atoms with Crippen LogP contribution in [0.2, 0.25) is 0 Å². The van der Waals surface area contributed by atoms with E-state index in [0.717, 1.165) is 0 Å². The molecule has 0 aliphatic carbocycles. The lowest BCUT2D eigenvalue weighted by Crippen LogP contribution is -2.03. The summed E-state index contributed by atoms with van der Waals surface area (Å²) >= 11 is 0. The fraction of sp³-hybridized carbons (Fsp3) is 1.00. The van der Waals surface area contributed by atoms with Gasteiger partial charge in [0.25, 0.3) is 0 Å². The normalized spacial score (nSPS) is 9.43. The summed E-state index contributed by atoms with van der Waals surface area (Å²) in [6.45, 7) is 0.696. The van der Waals surface area contributed by atoms with Crippen LogP contribution in [0.15, 0.2) is 0 Å². The number of aliphatic hydroxyl groups is 2. The first-order chi connectivity index (χ1) is 3.41. The average molecular weight is 110 g/mol. The summed E-state index contributed by atoms with van der Waals surface area (Å²) in [5.74, 6) is 0. The molecule has 3 nitrogen and oxygen atoms in total. The Kier molecular flexibility index (Phi) is 5.78. The van der Waals surface area contributed by atoms with Crippen molar-refractivity contribution < 1.29 is 20.7 Å². The highest BCUT2D eigenvalue weighted by atomic mass is 16.5. The van der Waals surface area contributed by atoms with Crippen molar-refractivity contribution >= 4 is 0 Å². The van der Waals surface area contributed by atoms with Gasteiger partial charge in [-0.25, -0.2) is 0 Å². The Morgan fingerprint density at radius 3 is 1.86 bits per heavy atom. The lowest BCUT2D eigenvalue weighted by Gasteiger charge is -1.94. The zero-order chi connectivity index (χ0) is 5.54. The zero-order valence-electron chi connectivity index (χ0n) is 8.13. The highest BCUT2D eigenvalue weighted by molar-refractivity contribution is 4.24. The van der Waals surface area contributed by atoms with Crippen LogP contribution in [0.3, 0.4) is 0 Å². The second-order valence-electron chi connectivity index (χ2n) is 1.06. The number of hydrogen-bond donors (Lipinski definition) is 2. The fourth-order valence-electron chi connectivity index (χ4n) is 0.231. The number of hydrogen-bond acceptors (Lipinski definition) is 3. The topological polar surface area (TPSA) is 49.7 Å². The average Bonchev–Trinajstić information content (AvgIpc) is 1.69. The number of aliphatic hydroxyl groups excluding tert-OH is 2. The van der Waals surface area contributed by atoms with E-state index in [4.69, 9.17) is 10.2 Å². The molecule has 2 N–H and O–H groups in total. The largest absolute Gasteiger partial charge is 1.00 e. The lowest BCUT2D eigenvalue weighted by molar-refractivity contribution is 0.0650. The van der Waals surface area contributed by atoms with Crippen molar-refractivity contribution in [3.8, 4) is 0 Å². The van der Waals surface area contributed by atoms with E-state index in [1.54, 1.807) is 0 Å². The maximum absolute atomic E-state index is 8.09. The van der Waals surface area contributed by atoms with Crippen molar-refractivity contribution in [2.45, 2.75) is 0 Å². The molecular formula is C4H14O3+4. The summed E-state index contributed by atoms with van der Waals surface area (Å²) in [6.07, 6.45) is 0. The third-order valence-electron chi connectivity index (χ3n) is 0.471. The maximum atomic E-state index is 8.09. The second kappa shape index (κ2) is 5.88. The minimum atomic E-state index is 0. The quantitative estimate of drug-likeness (QED) is 0.477. The molecule has 0 saturated heterocycles. The van der Waals surface area contributed by atoms with E-state index in [0.29, 0.717) is 13.2 Å². The Morgan fingerprint density at radius 2 is 1.57 bits per heavy atom. The maximum Gasteiger partial charge on any atom is 1.00 e. The minimum absolute atomic E-state index is 0. The molecule has 0 rings (SSSR count). The molecule has 0 aromatic carbocycles. The third kappa shape index (κ3) is 5.88. The van der Waals surface area contributed by atoms with E-state index in [1.165, 1.54) is 0 Å². The minimum Gasteiger partial charge on any atom is -0.394 e. The van der Waals surface area contributed by atoms with Crippen molar-refractivity contribution in [2.24, 2.45) is 0 Å². The van der Waals surface area contributed by atoms with Crippen LogP contribution in [-0.4, -0.2) is 36.6 Å². The number of ether oxygens (including phenoxy) is 1. The van der Waals surface area contributed by atoms with Crippen LogP contribution in [0.4, 0.5) is 0 Å². The predicted octanol–water partition coefficient (Wildman–Crippen LogP) is -0.562. The molecular weight excluding hydrogens is 96.0 g/mol. The van der Waals surface area contributed by atoms with Crippen LogP contribution < -0.4 is 0 Å². The van der Waals surface area contributed by atoms with Crippen molar-refractivity contribution in [1.29, 1.82) is 0 Å². The third-order valence-corrected chi connectivity index (χ3v) is 0.471. The van der Waals surface area contributed by atoms with Gasteiger partial charge in [-0.15, -0.1) is 0 Å². The molecule has 0 spiro atoms. The zero-order valence-corrected chi connectivity index (χ0v) is 4.13. The van der Waals surface area contributed by atoms with Gasteiger partial charge in [0.1, 0.15) is 0 Å². The van der Waals surface area contributed by atoms with E-state index in [1.807, 2.05) is 0 Å². The Bertz CT molecular complexity index is 36.5. The molecule has 0 radical (unpaired) electrons. The smallest absolute Gasteiger partial charge is 0.394 e. The molecule has 0 amide bonds. The van der Waals surface area contributed by atoms with Crippen LogP contribution in [-0.2, 0) is 4.74 Å². The highest BCUT2D eigenvalue weighted by Crippen LogP contribution is 1.68. The molecule has 0 aromatic heterocycles. The number of rotatable bonds is 4. The molecule has 0 aromatic rings. The Balaban J connectivity index is -0.0000000300. The van der Waals surface area contributed by atoms with E-state index < -0.39 is 0 Å². The van der Waals surface area contributed by atoms with Gasteiger partial charge in [-0.05, 0) is 0 Å². The van der Waals surface area contributed by atoms with Crippen LogP contribution in [0.25, 0.3) is 0 Å². The molecule has 0 aliphatic rings. The molecule has 0 atom stereocenters. The van der Waals surface area contributed by atoms with Gasteiger partial charge in [-0.2, -0.15) is 0 Å². The van der Waals surface area contributed by atoms with E-state index in [-0.39, 0.29) is 18.9 Å². The van der Waals surface area contributed by atoms with Gasteiger partial charge in [-0.1, -0.05) is 0 Å². The van der Waals surface area contributed by atoms with Crippen molar-refractivity contribution in [3.05, 3.63) is 0 Å². The van der Waals surface area contributed by atoms with Gasteiger partial charge in [0.2, 0.25) is 0 Å². The molecule has 44 valence electrons. The van der Waals surface area contributed by atoms with Crippen molar-refractivity contribution in [3.63, 3.8) is 0 Å². The molecule has 0 bridgehead atoms. The first-order valence-corrected chi connectivity index (χ1v) is 2.21. The van der Waals surface area contributed by atoms with Crippen LogP contribution >= 0.6 is 0 Å². The molecule has 7 heavy (non-hydrogen) atoms. The van der Waals surface area contributed by atoms with Gasteiger partial charge in [0, 0.05) is 0 Å². The summed E-state index contributed by atoms with van der Waals surface area (Å²) in [7, 11) is 0. The molecule has 0 heterocycles. The highest BCUT2D eigenvalue weighted by Gasteiger charge is 1.79. The van der Waals surface area contributed by atoms with Crippen LogP contribution in [0.1, 0.15) is 5.71 Å². The predicted molar refractivity (Wildman–Crippen MR) is 29.4 cm³/mol. The summed E-state index contributed by atoms with van der Waals surface area (Å²) < 4.78 is 4.63. The second-order valence-corrected chi connectivity index (χ2v) is 1.06. The fourth-order valence-corrected chi connectivity index (χ4v) is 0.231. The van der Waals surface area contributed by atoms with E-state index >= 15 is 0 Å². The summed E-state index contributed by atoms with van der Waals surface area (Å²) in [5.41, 5.74) is 0. The Hall–Kier alpha value is -0.120. The van der Waals surface area contributed by atoms with E-state index in [9.17, 15) is 0 Å². The first kappa shape index (κ1) is 6.88. The van der Waals surface area contributed by atoms with E-state index in [2.05, 4.69) is 4.74 Å². The van der Waals surface area contributed by atoms with Gasteiger partial charge in [0.05, 0.1) is 26.4 Å². The van der Waals surface area contributed by atoms with Gasteiger partial charge in [0.15, 0.2) is 0 Å². The Labute approximate surface area is 48.5 Å². The first-order valence-electron chi connectivity index (χ1n) is 2.21. The monoisotopic (exact) mass is 110 g/mol. The molecule has 0 saturated carbocycles. The van der Waals surface area contributed by atoms with Crippen molar-refractivity contribution in [2.75, 3.05) is 26.4 Å². The summed E-state index contributed by atoms with van der Waals surface area (Å²) in [4.78, 5) is 0. The molecule has 0 aliphatic heterocycles. The van der Waals surface area contributed by atoms with Crippen LogP contribution in [0, 0.1) is 0 Å². The summed E-state index contributed by atoms with van der Waals surface area (Å²) in [5, 5.41) is 16.2. The molecule has 3 heteroatoms. The SMILES string of the molecule is OCCOCCO.[H+].[H+].[H+].[H+]. The molecule has 0 unspecified atom stereocenters. The van der Waals surface area contributed by atoms with Crippen LogP contribution in [0.5, 0.6) is 0 Å². The van der Waals surface area contributed by atoms with Gasteiger partial charge >= 0.3 is 5.71 Å². The standard InChI is InChI=1S/C4H10O3/c5-1-3-7-4-2-6/h5-6H,1-4H2/p+4. The van der Waals surface area contributed by atoms with Crippen molar-refractivity contribution in [1.82, 2.24) is 0 Å². The van der Waals surface area contributed by atoms with Gasteiger partial charge in [-0.3, -0.25) is 0 Å². The summed E-state index contributed by atoms with van der Waals surface area (Å²) in [6, 6.07) is 0. The van der Waals surface area contributed by atoms with Gasteiger partial charge < -0.3 is 14.9 Å². The Morgan fingerprint density at radius 1 is 1.14 bits per heavy atom. The lowest BCUT2D eigenvalue weighted by atomic mass is 10.7.